The van der Waals surface area contributed by atoms with Crippen LogP contribution in [0.1, 0.15) is 45.6 Å². The molecule has 1 aliphatic heterocycles. The Kier molecular flexibility index (Phi) is 9.69. The third-order valence-corrected chi connectivity index (χ3v) is 6.91. The number of rotatable bonds is 8. The molecule has 202 valence electrons. The van der Waals surface area contributed by atoms with Crippen molar-refractivity contribution in [3.05, 3.63) is 59.2 Å². The minimum Gasteiger partial charge on any atom is -0.444 e. The van der Waals surface area contributed by atoms with Crippen LogP contribution < -0.4 is 10.6 Å². The number of carbonyl (C=O) groups is 3. The third-order valence-electron chi connectivity index (χ3n) is 5.71. The topological polar surface area (TPSA) is 87.7 Å². The van der Waals surface area contributed by atoms with E-state index in [4.69, 9.17) is 4.74 Å². The zero-order chi connectivity index (χ0) is 27.2. The number of benzene rings is 1. The molecule has 3 rings (SSSR count). The SMILES string of the molecule is CC(C)(C)OC(=O)NC(CC(=O)N1CCSC1C(=O)NCc1ccccc1)CC1=C(F)C=C(F)C(F)C1. The normalized spacial score (nSPS) is 20.8. The molecule has 7 nitrogen and oxygen atoms in total. The molecular weight excluding hydrogens is 507 g/mol. The quantitative estimate of drug-likeness (QED) is 0.500. The zero-order valence-electron chi connectivity index (χ0n) is 21.1. The second-order valence-electron chi connectivity index (χ2n) is 9.92. The van der Waals surface area contributed by atoms with Crippen molar-refractivity contribution in [2.45, 2.75) is 69.8 Å². The fraction of sp³-hybridized carbons (Fsp3) is 0.500. The summed E-state index contributed by atoms with van der Waals surface area (Å²) in [6.07, 6.45) is -3.33. The van der Waals surface area contributed by atoms with Crippen molar-refractivity contribution < 1.29 is 32.3 Å². The lowest BCUT2D eigenvalue weighted by atomic mass is 9.94. The number of nitrogens with zero attached hydrogens (tertiary/aromatic N) is 1. The zero-order valence-corrected chi connectivity index (χ0v) is 21.9. The van der Waals surface area contributed by atoms with Gasteiger partial charge in [-0.05, 0) is 38.3 Å². The molecule has 1 saturated heterocycles. The number of thioether (sulfide) groups is 1. The first-order chi connectivity index (χ1) is 17.4. The monoisotopic (exact) mass is 539 g/mol. The predicted molar refractivity (Wildman–Crippen MR) is 135 cm³/mol. The Morgan fingerprint density at radius 1 is 1.19 bits per heavy atom. The molecule has 0 bridgehead atoms. The second kappa shape index (κ2) is 12.5. The Bertz CT molecular complexity index is 1060. The van der Waals surface area contributed by atoms with E-state index in [1.807, 2.05) is 30.3 Å². The van der Waals surface area contributed by atoms with Crippen LogP contribution in [0.15, 0.2) is 53.6 Å². The molecule has 0 saturated carbocycles. The maximum Gasteiger partial charge on any atom is 0.407 e. The summed E-state index contributed by atoms with van der Waals surface area (Å²) in [5.74, 6) is -2.33. The first-order valence-corrected chi connectivity index (χ1v) is 13.1. The molecule has 1 fully saturated rings. The van der Waals surface area contributed by atoms with Crippen LogP contribution >= 0.6 is 11.8 Å². The van der Waals surface area contributed by atoms with Gasteiger partial charge in [0.05, 0.1) is 0 Å². The average molecular weight is 540 g/mol. The molecule has 3 atom stereocenters. The van der Waals surface area contributed by atoms with Crippen LogP contribution in [0.3, 0.4) is 0 Å². The van der Waals surface area contributed by atoms with E-state index in [1.54, 1.807) is 20.8 Å². The van der Waals surface area contributed by atoms with Gasteiger partial charge in [0, 0.05) is 43.8 Å². The number of hydrogen-bond donors (Lipinski definition) is 2. The minimum atomic E-state index is -1.99. The molecule has 3 amide bonds. The lowest BCUT2D eigenvalue weighted by Gasteiger charge is -2.28. The highest BCUT2D eigenvalue weighted by molar-refractivity contribution is 8.00. The number of ether oxygens (including phenoxy) is 1. The molecule has 37 heavy (non-hydrogen) atoms. The van der Waals surface area contributed by atoms with E-state index in [-0.39, 0.29) is 24.3 Å². The molecule has 3 unspecified atom stereocenters. The molecule has 0 aromatic heterocycles. The summed E-state index contributed by atoms with van der Waals surface area (Å²) in [5.41, 5.74) is 0.0470. The van der Waals surface area contributed by atoms with Gasteiger partial charge < -0.3 is 20.3 Å². The van der Waals surface area contributed by atoms with Gasteiger partial charge in [-0.3, -0.25) is 9.59 Å². The van der Waals surface area contributed by atoms with E-state index < -0.39 is 53.3 Å². The lowest BCUT2D eigenvalue weighted by Crippen LogP contribution is -2.47. The molecule has 2 aliphatic rings. The van der Waals surface area contributed by atoms with E-state index in [9.17, 15) is 27.6 Å². The fourth-order valence-electron chi connectivity index (χ4n) is 3.99. The van der Waals surface area contributed by atoms with Crippen LogP contribution in [-0.4, -0.2) is 58.3 Å². The highest BCUT2D eigenvalue weighted by Gasteiger charge is 2.36. The van der Waals surface area contributed by atoms with Crippen LogP contribution in [0.25, 0.3) is 0 Å². The van der Waals surface area contributed by atoms with Gasteiger partial charge in [0.25, 0.3) is 5.91 Å². The van der Waals surface area contributed by atoms with Crippen molar-refractivity contribution in [3.8, 4) is 0 Å². The van der Waals surface area contributed by atoms with Crippen molar-refractivity contribution >= 4 is 29.7 Å². The molecule has 0 spiro atoms. The van der Waals surface area contributed by atoms with E-state index in [0.717, 1.165) is 5.56 Å². The minimum absolute atomic E-state index is 0.0456. The number of amides is 3. The largest absolute Gasteiger partial charge is 0.444 e. The van der Waals surface area contributed by atoms with E-state index in [1.165, 1.54) is 16.7 Å². The van der Waals surface area contributed by atoms with Gasteiger partial charge in [0.15, 0.2) is 11.5 Å². The summed E-state index contributed by atoms with van der Waals surface area (Å²) in [7, 11) is 0. The van der Waals surface area contributed by atoms with Crippen molar-refractivity contribution in [1.29, 1.82) is 0 Å². The van der Waals surface area contributed by atoms with Gasteiger partial charge in [-0.25, -0.2) is 18.0 Å². The molecule has 11 heteroatoms. The maximum absolute atomic E-state index is 14.4. The van der Waals surface area contributed by atoms with E-state index in [2.05, 4.69) is 10.6 Å². The first-order valence-electron chi connectivity index (χ1n) is 12.0. The highest BCUT2D eigenvalue weighted by Crippen LogP contribution is 2.32. The fourth-order valence-corrected chi connectivity index (χ4v) is 5.16. The highest BCUT2D eigenvalue weighted by atomic mass is 32.2. The van der Waals surface area contributed by atoms with Crippen molar-refractivity contribution in [1.82, 2.24) is 15.5 Å². The van der Waals surface area contributed by atoms with Crippen molar-refractivity contribution in [3.63, 3.8) is 0 Å². The van der Waals surface area contributed by atoms with Gasteiger partial charge >= 0.3 is 6.09 Å². The smallest absolute Gasteiger partial charge is 0.407 e. The van der Waals surface area contributed by atoms with Gasteiger partial charge in [-0.2, -0.15) is 0 Å². The summed E-state index contributed by atoms with van der Waals surface area (Å²) in [6.45, 7) is 5.62. The van der Waals surface area contributed by atoms with Crippen molar-refractivity contribution in [2.75, 3.05) is 12.3 Å². The second-order valence-corrected chi connectivity index (χ2v) is 11.1. The molecule has 1 aromatic rings. The standard InChI is InChI=1S/C26H32F3N3O4S/c1-26(2,3)36-25(35)31-18(11-17-12-20(28)21(29)14-19(17)27)13-22(33)32-9-10-37-24(32)23(34)30-15-16-7-5-4-6-8-16/h4-8,14,18,20,24H,9-13,15H2,1-3H3,(H,30,34)(H,31,35). The Labute approximate surface area is 218 Å². The third kappa shape index (κ3) is 8.55. The van der Waals surface area contributed by atoms with Crippen LogP contribution in [-0.2, 0) is 20.9 Å². The lowest BCUT2D eigenvalue weighted by molar-refractivity contribution is -0.137. The van der Waals surface area contributed by atoms with Gasteiger partial charge in [0.1, 0.15) is 17.3 Å². The Hall–Kier alpha value is -2.95. The maximum atomic E-state index is 14.4. The predicted octanol–water partition coefficient (Wildman–Crippen LogP) is 4.70. The van der Waals surface area contributed by atoms with E-state index >= 15 is 0 Å². The molecule has 2 N–H and O–H groups in total. The van der Waals surface area contributed by atoms with E-state index in [0.29, 0.717) is 24.9 Å². The number of allylic oxidation sites excluding steroid dienone is 3. The molecule has 1 aliphatic carbocycles. The van der Waals surface area contributed by atoms with Gasteiger partial charge in [-0.1, -0.05) is 30.3 Å². The number of alkyl halides is 1. The Morgan fingerprint density at radius 3 is 2.57 bits per heavy atom. The number of carbonyl (C=O) groups excluding carboxylic acids is 3. The van der Waals surface area contributed by atoms with Crippen LogP contribution in [0.4, 0.5) is 18.0 Å². The number of nitrogens with one attached hydrogen (secondary N) is 2. The van der Waals surface area contributed by atoms with Crippen LogP contribution in [0, 0.1) is 0 Å². The number of alkyl carbamates (subject to hydrolysis) is 1. The molecule has 1 heterocycles. The molecular formula is C26H32F3N3O4S. The van der Waals surface area contributed by atoms with Crippen LogP contribution in [0.5, 0.6) is 0 Å². The molecule has 0 radical (unpaired) electrons. The first kappa shape index (κ1) is 28.6. The summed E-state index contributed by atoms with van der Waals surface area (Å²) in [5, 5.41) is 4.64. The Balaban J connectivity index is 1.69. The molecule has 1 aromatic carbocycles. The summed E-state index contributed by atoms with van der Waals surface area (Å²) in [6, 6.07) is 8.39. The van der Waals surface area contributed by atoms with Gasteiger partial charge in [0.2, 0.25) is 5.91 Å². The van der Waals surface area contributed by atoms with Crippen molar-refractivity contribution in [2.24, 2.45) is 0 Å². The number of halogens is 3. The summed E-state index contributed by atoms with van der Waals surface area (Å²) in [4.78, 5) is 39.9. The number of hydrogen-bond acceptors (Lipinski definition) is 5. The Morgan fingerprint density at radius 2 is 1.89 bits per heavy atom. The summed E-state index contributed by atoms with van der Waals surface area (Å²) < 4.78 is 47.0. The van der Waals surface area contributed by atoms with Gasteiger partial charge in [-0.15, -0.1) is 11.8 Å². The summed E-state index contributed by atoms with van der Waals surface area (Å²) >= 11 is 1.32. The average Bonchev–Trinajstić information content (AvgIpc) is 3.30. The van der Waals surface area contributed by atoms with Crippen LogP contribution in [0.2, 0.25) is 0 Å².